The van der Waals surface area contributed by atoms with Gasteiger partial charge in [-0.2, -0.15) is 0 Å². The van der Waals surface area contributed by atoms with Gasteiger partial charge < -0.3 is 10.2 Å². The number of hydrogen-bond acceptors (Lipinski definition) is 4. The molecule has 1 unspecified atom stereocenters. The van der Waals surface area contributed by atoms with Crippen LogP contribution in [-0.2, 0) is 19.4 Å². The first-order valence-electron chi connectivity index (χ1n) is 7.81. The van der Waals surface area contributed by atoms with Gasteiger partial charge in [-0.25, -0.2) is 8.42 Å². The predicted octanol–water partition coefficient (Wildman–Crippen LogP) is 0.352. The molecule has 2 fully saturated rings. The van der Waals surface area contributed by atoms with Crippen LogP contribution in [0.3, 0.4) is 0 Å². The number of rotatable bonds is 5. The van der Waals surface area contributed by atoms with Crippen molar-refractivity contribution in [3.63, 3.8) is 0 Å². The molecule has 6 nitrogen and oxygen atoms in total. The molecule has 0 bridgehead atoms. The Balaban J connectivity index is 1.66. The van der Waals surface area contributed by atoms with Gasteiger partial charge >= 0.3 is 0 Å². The normalized spacial score (nSPS) is 24.9. The van der Waals surface area contributed by atoms with Crippen LogP contribution >= 0.6 is 0 Å². The molecule has 2 aliphatic rings. The van der Waals surface area contributed by atoms with Crippen molar-refractivity contribution < 1.29 is 18.0 Å². The van der Waals surface area contributed by atoms with Gasteiger partial charge in [0.2, 0.25) is 11.8 Å². The third-order valence-corrected chi connectivity index (χ3v) is 6.37. The fraction of sp³-hybridized carbons (Fsp3) is 0.733. The SMILES string of the molecule is C=CC(=O)N1CCC(C(=O)NCCC2CCS(=O)(=O)C2)CC1. The second-order valence-electron chi connectivity index (χ2n) is 6.15. The molecule has 0 spiro atoms. The van der Waals surface area contributed by atoms with Crippen LogP contribution in [0, 0.1) is 11.8 Å². The second-order valence-corrected chi connectivity index (χ2v) is 8.38. The Bertz CT molecular complexity index is 536. The molecule has 7 heteroatoms. The lowest BCUT2D eigenvalue weighted by Crippen LogP contribution is -2.42. The van der Waals surface area contributed by atoms with Crippen molar-refractivity contribution in [2.24, 2.45) is 11.8 Å². The average molecular weight is 328 g/mol. The number of nitrogens with zero attached hydrogens (tertiary/aromatic N) is 1. The summed E-state index contributed by atoms with van der Waals surface area (Å²) in [6, 6.07) is 0. The van der Waals surface area contributed by atoms with E-state index >= 15 is 0 Å². The minimum absolute atomic E-state index is 0.0200. The highest BCUT2D eigenvalue weighted by molar-refractivity contribution is 7.91. The Labute approximate surface area is 131 Å². The Morgan fingerprint density at radius 3 is 2.45 bits per heavy atom. The highest BCUT2D eigenvalue weighted by atomic mass is 32.2. The van der Waals surface area contributed by atoms with Crippen molar-refractivity contribution in [3.8, 4) is 0 Å². The van der Waals surface area contributed by atoms with Crippen molar-refractivity contribution in [1.29, 1.82) is 0 Å². The van der Waals surface area contributed by atoms with Crippen LogP contribution in [0.25, 0.3) is 0 Å². The first-order valence-corrected chi connectivity index (χ1v) is 9.63. The lowest BCUT2D eigenvalue weighted by atomic mass is 9.95. The molecule has 22 heavy (non-hydrogen) atoms. The van der Waals surface area contributed by atoms with Gasteiger partial charge in [0, 0.05) is 25.6 Å². The molecule has 0 aromatic rings. The standard InChI is InChI=1S/C15H24N2O4S/c1-2-14(18)17-8-4-13(5-9-17)15(19)16-7-3-12-6-10-22(20,21)11-12/h2,12-13H,1,3-11H2,(H,16,19). The first-order chi connectivity index (χ1) is 10.4. The van der Waals surface area contributed by atoms with E-state index in [1.165, 1.54) is 6.08 Å². The Morgan fingerprint density at radius 2 is 1.91 bits per heavy atom. The molecule has 124 valence electrons. The average Bonchev–Trinajstić information content (AvgIpc) is 2.85. The zero-order valence-corrected chi connectivity index (χ0v) is 13.6. The third-order valence-electron chi connectivity index (χ3n) is 4.53. The summed E-state index contributed by atoms with van der Waals surface area (Å²) in [5.74, 6) is 0.596. The van der Waals surface area contributed by atoms with E-state index in [1.54, 1.807) is 4.90 Å². The molecular weight excluding hydrogens is 304 g/mol. The quantitative estimate of drug-likeness (QED) is 0.738. The summed E-state index contributed by atoms with van der Waals surface area (Å²) in [5, 5.41) is 2.91. The van der Waals surface area contributed by atoms with Gasteiger partial charge in [-0.3, -0.25) is 9.59 Å². The van der Waals surface area contributed by atoms with Gasteiger partial charge in [0.25, 0.3) is 0 Å². The van der Waals surface area contributed by atoms with E-state index in [-0.39, 0.29) is 35.2 Å². The summed E-state index contributed by atoms with van der Waals surface area (Å²) >= 11 is 0. The highest BCUT2D eigenvalue weighted by Gasteiger charge is 2.29. The molecule has 1 N–H and O–H groups in total. The maximum absolute atomic E-state index is 12.1. The molecule has 0 aliphatic carbocycles. The fourth-order valence-corrected chi connectivity index (χ4v) is 5.05. The molecule has 2 rings (SSSR count). The van der Waals surface area contributed by atoms with Gasteiger partial charge in [-0.15, -0.1) is 0 Å². The van der Waals surface area contributed by atoms with Crippen molar-refractivity contribution in [2.45, 2.75) is 25.7 Å². The monoisotopic (exact) mass is 328 g/mol. The fourth-order valence-electron chi connectivity index (χ4n) is 3.13. The van der Waals surface area contributed by atoms with Gasteiger partial charge in [-0.1, -0.05) is 6.58 Å². The molecule has 2 amide bonds. The largest absolute Gasteiger partial charge is 0.356 e. The molecule has 0 aromatic heterocycles. The van der Waals surface area contributed by atoms with Gasteiger partial charge in [0.1, 0.15) is 0 Å². The zero-order valence-electron chi connectivity index (χ0n) is 12.8. The summed E-state index contributed by atoms with van der Waals surface area (Å²) in [4.78, 5) is 25.3. The number of sulfone groups is 1. The van der Waals surface area contributed by atoms with E-state index in [9.17, 15) is 18.0 Å². The van der Waals surface area contributed by atoms with Gasteiger partial charge in [-0.05, 0) is 37.7 Å². The number of carbonyl (C=O) groups is 2. The molecule has 0 radical (unpaired) electrons. The maximum Gasteiger partial charge on any atom is 0.245 e. The Kier molecular flexibility index (Phi) is 5.61. The minimum Gasteiger partial charge on any atom is -0.356 e. The van der Waals surface area contributed by atoms with E-state index in [4.69, 9.17) is 0 Å². The molecule has 2 heterocycles. The molecule has 1 atom stereocenters. The van der Waals surface area contributed by atoms with Crippen molar-refractivity contribution in [3.05, 3.63) is 12.7 Å². The number of amides is 2. The lowest BCUT2D eigenvalue weighted by molar-refractivity contribution is -0.132. The van der Waals surface area contributed by atoms with Crippen LogP contribution in [0.15, 0.2) is 12.7 Å². The zero-order chi connectivity index (χ0) is 16.2. The Morgan fingerprint density at radius 1 is 1.23 bits per heavy atom. The van der Waals surface area contributed by atoms with Crippen molar-refractivity contribution in [1.82, 2.24) is 10.2 Å². The topological polar surface area (TPSA) is 83.6 Å². The second kappa shape index (κ2) is 7.26. The van der Waals surface area contributed by atoms with Crippen LogP contribution in [0.1, 0.15) is 25.7 Å². The van der Waals surface area contributed by atoms with E-state index in [0.29, 0.717) is 38.9 Å². The predicted molar refractivity (Wildman–Crippen MR) is 83.9 cm³/mol. The summed E-state index contributed by atoms with van der Waals surface area (Å²) in [5.41, 5.74) is 0. The van der Waals surface area contributed by atoms with E-state index in [2.05, 4.69) is 11.9 Å². The third kappa shape index (κ3) is 4.56. The number of piperidine rings is 1. The Hall–Kier alpha value is -1.37. The van der Waals surface area contributed by atoms with Gasteiger partial charge in [0.15, 0.2) is 9.84 Å². The minimum atomic E-state index is -2.84. The first kappa shape index (κ1) is 17.0. The van der Waals surface area contributed by atoms with Crippen LogP contribution < -0.4 is 5.32 Å². The summed E-state index contributed by atoms with van der Waals surface area (Å²) in [6.07, 6.45) is 4.07. The molecule has 0 aromatic carbocycles. The maximum atomic E-state index is 12.1. The van der Waals surface area contributed by atoms with E-state index < -0.39 is 9.84 Å². The van der Waals surface area contributed by atoms with Crippen LogP contribution in [0.5, 0.6) is 0 Å². The molecule has 2 aliphatic heterocycles. The number of carbonyl (C=O) groups excluding carboxylic acids is 2. The molecule has 2 saturated heterocycles. The number of nitrogens with one attached hydrogen (secondary N) is 1. The van der Waals surface area contributed by atoms with Gasteiger partial charge in [0.05, 0.1) is 11.5 Å². The van der Waals surface area contributed by atoms with E-state index in [0.717, 1.165) is 6.42 Å². The van der Waals surface area contributed by atoms with Crippen LogP contribution in [0.2, 0.25) is 0 Å². The lowest BCUT2D eigenvalue weighted by Gasteiger charge is -2.30. The number of likely N-dealkylation sites (tertiary alicyclic amines) is 1. The van der Waals surface area contributed by atoms with E-state index in [1.807, 2.05) is 0 Å². The van der Waals surface area contributed by atoms with Crippen LogP contribution in [-0.4, -0.2) is 56.3 Å². The van der Waals surface area contributed by atoms with Crippen molar-refractivity contribution in [2.75, 3.05) is 31.1 Å². The van der Waals surface area contributed by atoms with Crippen molar-refractivity contribution >= 4 is 21.7 Å². The summed E-state index contributed by atoms with van der Waals surface area (Å²) in [7, 11) is -2.84. The smallest absolute Gasteiger partial charge is 0.245 e. The highest BCUT2D eigenvalue weighted by Crippen LogP contribution is 2.21. The molecular formula is C15H24N2O4S. The summed E-state index contributed by atoms with van der Waals surface area (Å²) in [6.45, 7) is 5.17. The van der Waals surface area contributed by atoms with Crippen LogP contribution in [0.4, 0.5) is 0 Å². The number of hydrogen-bond donors (Lipinski definition) is 1. The summed E-state index contributed by atoms with van der Waals surface area (Å²) < 4.78 is 22.7. The molecule has 0 saturated carbocycles.